The van der Waals surface area contributed by atoms with Gasteiger partial charge in [0, 0.05) is 5.92 Å². The van der Waals surface area contributed by atoms with E-state index < -0.39 is 12.3 Å². The van der Waals surface area contributed by atoms with Crippen molar-refractivity contribution in [2.45, 2.75) is 38.0 Å². The highest BCUT2D eigenvalue weighted by Crippen LogP contribution is 2.41. The third-order valence-corrected chi connectivity index (χ3v) is 3.46. The number of aromatic hydroxyl groups is 1. The van der Waals surface area contributed by atoms with Gasteiger partial charge in [-0.2, -0.15) is 0 Å². The first-order chi connectivity index (χ1) is 7.68. The third-order valence-electron chi connectivity index (χ3n) is 3.46. The number of halogens is 2. The van der Waals surface area contributed by atoms with Gasteiger partial charge in [-0.25, -0.2) is 8.78 Å². The molecule has 1 N–H and O–H groups in total. The van der Waals surface area contributed by atoms with Crippen LogP contribution in [0.15, 0.2) is 24.3 Å². The average Bonchev–Trinajstić information content (AvgIpc) is 2.74. The Labute approximate surface area is 94.1 Å². The van der Waals surface area contributed by atoms with Gasteiger partial charge in [-0.15, -0.1) is 0 Å². The summed E-state index contributed by atoms with van der Waals surface area (Å²) < 4.78 is 26.1. The van der Waals surface area contributed by atoms with E-state index in [1.807, 2.05) is 0 Å². The van der Waals surface area contributed by atoms with Crippen molar-refractivity contribution in [1.29, 1.82) is 0 Å². The van der Waals surface area contributed by atoms with Crippen LogP contribution in [0.1, 0.15) is 37.2 Å². The van der Waals surface area contributed by atoms with E-state index in [2.05, 4.69) is 0 Å². The Kier molecular flexibility index (Phi) is 3.42. The van der Waals surface area contributed by atoms with Crippen molar-refractivity contribution < 1.29 is 13.9 Å². The zero-order valence-corrected chi connectivity index (χ0v) is 9.07. The normalized spacial score (nSPS) is 19.2. The molecule has 1 aromatic rings. The highest BCUT2D eigenvalue weighted by Gasteiger charge is 2.32. The zero-order valence-electron chi connectivity index (χ0n) is 9.07. The highest BCUT2D eigenvalue weighted by atomic mass is 19.3. The molecule has 0 aliphatic heterocycles. The lowest BCUT2D eigenvalue weighted by molar-refractivity contribution is 0.0867. The SMILES string of the molecule is Oc1ccc(C(C(F)F)C2CCCC2)cc1. The summed E-state index contributed by atoms with van der Waals surface area (Å²) in [5.41, 5.74) is 0.653. The molecule has 0 saturated heterocycles. The maximum Gasteiger partial charge on any atom is 0.245 e. The Morgan fingerprint density at radius 1 is 1.06 bits per heavy atom. The van der Waals surface area contributed by atoms with Gasteiger partial charge in [-0.05, 0) is 36.5 Å². The monoisotopic (exact) mass is 226 g/mol. The molecule has 1 unspecified atom stereocenters. The molecule has 3 heteroatoms. The maximum absolute atomic E-state index is 13.1. The van der Waals surface area contributed by atoms with Crippen LogP contribution in [0.3, 0.4) is 0 Å². The van der Waals surface area contributed by atoms with Crippen molar-refractivity contribution in [3.8, 4) is 5.75 Å². The van der Waals surface area contributed by atoms with Crippen LogP contribution >= 0.6 is 0 Å². The first kappa shape index (κ1) is 11.4. The third kappa shape index (κ3) is 2.34. The van der Waals surface area contributed by atoms with Gasteiger partial charge in [0.05, 0.1) is 0 Å². The predicted molar refractivity (Wildman–Crippen MR) is 58.8 cm³/mol. The minimum absolute atomic E-state index is 0.101. The highest BCUT2D eigenvalue weighted by molar-refractivity contribution is 5.29. The molecule has 2 rings (SSSR count). The molecule has 1 fully saturated rings. The first-order valence-corrected chi connectivity index (χ1v) is 5.75. The number of phenols is 1. The molecule has 88 valence electrons. The first-order valence-electron chi connectivity index (χ1n) is 5.75. The molecular formula is C13H16F2O. The van der Waals surface area contributed by atoms with E-state index in [9.17, 15) is 8.78 Å². The molecule has 1 atom stereocenters. The molecule has 1 saturated carbocycles. The van der Waals surface area contributed by atoms with Crippen LogP contribution in [0.25, 0.3) is 0 Å². The standard InChI is InChI=1S/C13H16F2O/c14-13(15)12(9-3-1-2-4-9)10-5-7-11(16)8-6-10/h5-9,12-13,16H,1-4H2. The Bertz CT molecular complexity index is 328. The van der Waals surface area contributed by atoms with E-state index in [1.54, 1.807) is 12.1 Å². The minimum atomic E-state index is -2.31. The predicted octanol–water partition coefficient (Wildman–Crippen LogP) is 3.93. The molecule has 1 aliphatic rings. The molecule has 0 heterocycles. The fraction of sp³-hybridized carbons (Fsp3) is 0.538. The van der Waals surface area contributed by atoms with Crippen LogP contribution in [0, 0.1) is 5.92 Å². The van der Waals surface area contributed by atoms with Gasteiger partial charge in [0.25, 0.3) is 0 Å². The molecule has 0 radical (unpaired) electrons. The van der Waals surface area contributed by atoms with Gasteiger partial charge in [-0.3, -0.25) is 0 Å². The van der Waals surface area contributed by atoms with Crippen molar-refractivity contribution in [2.24, 2.45) is 5.92 Å². The summed E-state index contributed by atoms with van der Waals surface area (Å²) in [6.45, 7) is 0. The average molecular weight is 226 g/mol. The van der Waals surface area contributed by atoms with Gasteiger partial charge in [0.1, 0.15) is 5.75 Å². The van der Waals surface area contributed by atoms with Crippen molar-refractivity contribution in [1.82, 2.24) is 0 Å². The molecule has 0 spiro atoms. The van der Waals surface area contributed by atoms with Crippen molar-refractivity contribution in [3.63, 3.8) is 0 Å². The lowest BCUT2D eigenvalue weighted by Crippen LogP contribution is -2.17. The van der Waals surface area contributed by atoms with Crippen molar-refractivity contribution >= 4 is 0 Å². The Morgan fingerprint density at radius 3 is 2.12 bits per heavy atom. The maximum atomic E-state index is 13.1. The Morgan fingerprint density at radius 2 is 1.62 bits per heavy atom. The molecule has 16 heavy (non-hydrogen) atoms. The summed E-state index contributed by atoms with van der Waals surface area (Å²) in [6, 6.07) is 6.20. The van der Waals surface area contributed by atoms with E-state index in [-0.39, 0.29) is 11.7 Å². The van der Waals surface area contributed by atoms with Crippen LogP contribution < -0.4 is 0 Å². The van der Waals surface area contributed by atoms with Gasteiger partial charge < -0.3 is 5.11 Å². The summed E-state index contributed by atoms with van der Waals surface area (Å²) in [7, 11) is 0. The van der Waals surface area contributed by atoms with E-state index in [0.717, 1.165) is 25.7 Å². The topological polar surface area (TPSA) is 20.2 Å². The number of phenolic OH excluding ortho intramolecular Hbond substituents is 1. The van der Waals surface area contributed by atoms with Crippen LogP contribution in [-0.2, 0) is 0 Å². The number of hydrogen-bond acceptors (Lipinski definition) is 1. The molecule has 0 aromatic heterocycles. The molecular weight excluding hydrogens is 210 g/mol. The van der Waals surface area contributed by atoms with Gasteiger partial charge in [-0.1, -0.05) is 25.0 Å². The lowest BCUT2D eigenvalue weighted by atomic mass is 9.85. The van der Waals surface area contributed by atoms with E-state index >= 15 is 0 Å². The molecule has 0 amide bonds. The summed E-state index contributed by atoms with van der Waals surface area (Å²) in [5, 5.41) is 9.15. The smallest absolute Gasteiger partial charge is 0.245 e. The summed E-state index contributed by atoms with van der Waals surface area (Å²) >= 11 is 0. The number of alkyl halides is 2. The minimum Gasteiger partial charge on any atom is -0.508 e. The molecule has 1 aromatic carbocycles. The van der Waals surface area contributed by atoms with Crippen LogP contribution in [-0.4, -0.2) is 11.5 Å². The second-order valence-electron chi connectivity index (χ2n) is 4.50. The number of rotatable bonds is 3. The van der Waals surface area contributed by atoms with Gasteiger partial charge in [0.2, 0.25) is 6.43 Å². The molecule has 0 bridgehead atoms. The zero-order chi connectivity index (χ0) is 11.5. The van der Waals surface area contributed by atoms with Gasteiger partial charge >= 0.3 is 0 Å². The Hall–Kier alpha value is -1.12. The quantitative estimate of drug-likeness (QED) is 0.827. The summed E-state index contributed by atoms with van der Waals surface area (Å²) in [4.78, 5) is 0. The van der Waals surface area contributed by atoms with Crippen LogP contribution in [0.4, 0.5) is 8.78 Å². The summed E-state index contributed by atoms with van der Waals surface area (Å²) in [6.07, 6.45) is 1.61. The van der Waals surface area contributed by atoms with E-state index in [1.165, 1.54) is 12.1 Å². The summed E-state index contributed by atoms with van der Waals surface area (Å²) in [5.74, 6) is -0.434. The van der Waals surface area contributed by atoms with E-state index in [0.29, 0.717) is 5.56 Å². The Balaban J connectivity index is 2.21. The van der Waals surface area contributed by atoms with Crippen molar-refractivity contribution in [3.05, 3.63) is 29.8 Å². The second kappa shape index (κ2) is 4.81. The largest absolute Gasteiger partial charge is 0.508 e. The van der Waals surface area contributed by atoms with Crippen molar-refractivity contribution in [2.75, 3.05) is 0 Å². The lowest BCUT2D eigenvalue weighted by Gasteiger charge is -2.23. The fourth-order valence-corrected chi connectivity index (χ4v) is 2.64. The molecule has 1 aliphatic carbocycles. The van der Waals surface area contributed by atoms with Gasteiger partial charge in [0.15, 0.2) is 0 Å². The van der Waals surface area contributed by atoms with Crippen LogP contribution in [0.2, 0.25) is 0 Å². The fourth-order valence-electron chi connectivity index (χ4n) is 2.64. The molecule has 1 nitrogen and oxygen atoms in total. The van der Waals surface area contributed by atoms with Crippen LogP contribution in [0.5, 0.6) is 5.75 Å². The number of benzene rings is 1. The van der Waals surface area contributed by atoms with E-state index in [4.69, 9.17) is 5.11 Å². The number of hydrogen-bond donors (Lipinski definition) is 1. The second-order valence-corrected chi connectivity index (χ2v) is 4.50.